The molecule has 0 bridgehead atoms. The van der Waals surface area contributed by atoms with Crippen molar-refractivity contribution in [3.05, 3.63) is 30.9 Å². The van der Waals surface area contributed by atoms with Crippen molar-refractivity contribution < 1.29 is 9.53 Å². The van der Waals surface area contributed by atoms with E-state index < -0.39 is 6.09 Å². The molecule has 1 heterocycles. The van der Waals surface area contributed by atoms with Crippen molar-refractivity contribution in [3.63, 3.8) is 0 Å². The molecule has 0 aliphatic carbocycles. The molecular formula is C10H15N3O2. The Balaban J connectivity index is 2.01. The number of aromatic nitrogens is 2. The number of hydrogen-bond acceptors (Lipinski definition) is 3. The highest BCUT2D eigenvalue weighted by Crippen LogP contribution is 1.93. The van der Waals surface area contributed by atoms with Gasteiger partial charge in [0.25, 0.3) is 0 Å². The number of hydrogen-bond donors (Lipinski definition) is 2. The quantitative estimate of drug-likeness (QED) is 0.547. The number of rotatable bonds is 6. The standard InChI is InChI=1S/C10H15N3O2/c1-2-8-15-10(14)13-5-3-4-9-11-6-7-12-9/h2,6-7H,1,3-5,8H2,(H,11,12)(H,13,14). The molecule has 1 rings (SSSR count). The Kier molecular flexibility index (Phi) is 5.00. The van der Waals surface area contributed by atoms with E-state index >= 15 is 0 Å². The Labute approximate surface area is 88.6 Å². The lowest BCUT2D eigenvalue weighted by molar-refractivity contribution is 0.158. The first kappa shape index (κ1) is 11.3. The van der Waals surface area contributed by atoms with Gasteiger partial charge in [-0.05, 0) is 6.42 Å². The number of aryl methyl sites for hydroxylation is 1. The Bertz CT molecular complexity index is 296. The van der Waals surface area contributed by atoms with Gasteiger partial charge >= 0.3 is 6.09 Å². The molecule has 0 atom stereocenters. The topological polar surface area (TPSA) is 67.0 Å². The van der Waals surface area contributed by atoms with E-state index in [1.54, 1.807) is 12.4 Å². The third-order valence-corrected chi connectivity index (χ3v) is 1.75. The summed E-state index contributed by atoms with van der Waals surface area (Å²) in [6.07, 6.45) is 6.25. The summed E-state index contributed by atoms with van der Waals surface area (Å²) in [6.45, 7) is 4.27. The van der Waals surface area contributed by atoms with E-state index in [4.69, 9.17) is 4.74 Å². The van der Waals surface area contributed by atoms with Gasteiger partial charge in [-0.15, -0.1) is 0 Å². The monoisotopic (exact) mass is 209 g/mol. The molecule has 0 saturated heterocycles. The van der Waals surface area contributed by atoms with Crippen molar-refractivity contribution in [2.24, 2.45) is 0 Å². The van der Waals surface area contributed by atoms with E-state index in [0.29, 0.717) is 6.54 Å². The Morgan fingerprint density at radius 2 is 2.60 bits per heavy atom. The molecule has 0 fully saturated rings. The fraction of sp³-hybridized carbons (Fsp3) is 0.400. The highest BCUT2D eigenvalue weighted by atomic mass is 16.5. The zero-order valence-electron chi connectivity index (χ0n) is 8.53. The molecule has 1 aromatic heterocycles. The predicted molar refractivity (Wildman–Crippen MR) is 56.5 cm³/mol. The Hall–Kier alpha value is -1.78. The molecule has 0 unspecified atom stereocenters. The molecule has 82 valence electrons. The SMILES string of the molecule is C=CCOC(=O)NCCCc1ncc[nH]1. The molecule has 0 aliphatic heterocycles. The van der Waals surface area contributed by atoms with Crippen LogP contribution in [0.25, 0.3) is 0 Å². The van der Waals surface area contributed by atoms with E-state index in [0.717, 1.165) is 18.7 Å². The number of ether oxygens (including phenoxy) is 1. The molecule has 1 aromatic rings. The number of alkyl carbamates (subject to hydrolysis) is 1. The fourth-order valence-corrected chi connectivity index (χ4v) is 1.07. The van der Waals surface area contributed by atoms with Crippen LogP contribution in [0.1, 0.15) is 12.2 Å². The maximum atomic E-state index is 11.0. The van der Waals surface area contributed by atoms with Gasteiger partial charge in [0.1, 0.15) is 12.4 Å². The molecule has 0 spiro atoms. The first-order valence-corrected chi connectivity index (χ1v) is 4.82. The average Bonchev–Trinajstić information content (AvgIpc) is 2.74. The van der Waals surface area contributed by atoms with Crippen molar-refractivity contribution >= 4 is 6.09 Å². The highest BCUT2D eigenvalue weighted by molar-refractivity contribution is 5.67. The number of H-pyrrole nitrogens is 1. The van der Waals surface area contributed by atoms with E-state index in [1.165, 1.54) is 6.08 Å². The molecular weight excluding hydrogens is 194 g/mol. The van der Waals surface area contributed by atoms with Gasteiger partial charge in [-0.2, -0.15) is 0 Å². The van der Waals surface area contributed by atoms with Gasteiger partial charge < -0.3 is 15.0 Å². The minimum Gasteiger partial charge on any atom is -0.445 e. The smallest absolute Gasteiger partial charge is 0.407 e. The van der Waals surface area contributed by atoms with Gasteiger partial charge in [-0.25, -0.2) is 9.78 Å². The molecule has 0 radical (unpaired) electrons. The fourth-order valence-electron chi connectivity index (χ4n) is 1.07. The van der Waals surface area contributed by atoms with Crippen LogP contribution in [0.2, 0.25) is 0 Å². The van der Waals surface area contributed by atoms with Gasteiger partial charge in [-0.1, -0.05) is 12.7 Å². The zero-order valence-corrected chi connectivity index (χ0v) is 8.53. The van der Waals surface area contributed by atoms with Crippen molar-refractivity contribution in [2.75, 3.05) is 13.2 Å². The number of nitrogens with zero attached hydrogens (tertiary/aromatic N) is 1. The summed E-state index contributed by atoms with van der Waals surface area (Å²) in [5.41, 5.74) is 0. The second-order valence-corrected chi connectivity index (χ2v) is 2.95. The van der Waals surface area contributed by atoms with Crippen LogP contribution in [0.4, 0.5) is 4.79 Å². The van der Waals surface area contributed by atoms with Crippen LogP contribution in [0, 0.1) is 0 Å². The van der Waals surface area contributed by atoms with Crippen molar-refractivity contribution in [1.29, 1.82) is 0 Å². The van der Waals surface area contributed by atoms with Crippen LogP contribution in [0.15, 0.2) is 25.0 Å². The van der Waals surface area contributed by atoms with E-state index in [1.807, 2.05) is 0 Å². The van der Waals surface area contributed by atoms with Crippen molar-refractivity contribution in [1.82, 2.24) is 15.3 Å². The summed E-state index contributed by atoms with van der Waals surface area (Å²) in [5.74, 6) is 0.927. The zero-order chi connectivity index (χ0) is 10.9. The summed E-state index contributed by atoms with van der Waals surface area (Å²) >= 11 is 0. The van der Waals surface area contributed by atoms with E-state index in [-0.39, 0.29) is 6.61 Å². The molecule has 0 aliphatic rings. The van der Waals surface area contributed by atoms with Crippen LogP contribution < -0.4 is 5.32 Å². The predicted octanol–water partition coefficient (Wildman–Crippen LogP) is 1.25. The van der Waals surface area contributed by atoms with Gasteiger partial charge in [0.2, 0.25) is 0 Å². The maximum absolute atomic E-state index is 11.0. The number of amides is 1. The summed E-state index contributed by atoms with van der Waals surface area (Å²) in [7, 11) is 0. The maximum Gasteiger partial charge on any atom is 0.407 e. The van der Waals surface area contributed by atoms with Crippen LogP contribution in [0.5, 0.6) is 0 Å². The second kappa shape index (κ2) is 6.64. The van der Waals surface area contributed by atoms with Crippen LogP contribution in [-0.4, -0.2) is 29.2 Å². The summed E-state index contributed by atoms with van der Waals surface area (Å²) in [6, 6.07) is 0. The molecule has 15 heavy (non-hydrogen) atoms. The summed E-state index contributed by atoms with van der Waals surface area (Å²) in [4.78, 5) is 18.0. The lowest BCUT2D eigenvalue weighted by Crippen LogP contribution is -2.25. The minimum absolute atomic E-state index is 0.240. The second-order valence-electron chi connectivity index (χ2n) is 2.95. The van der Waals surface area contributed by atoms with Gasteiger partial charge in [0.05, 0.1) is 0 Å². The van der Waals surface area contributed by atoms with Crippen molar-refractivity contribution in [2.45, 2.75) is 12.8 Å². The number of aromatic amines is 1. The van der Waals surface area contributed by atoms with Gasteiger partial charge in [0.15, 0.2) is 0 Å². The largest absolute Gasteiger partial charge is 0.445 e. The minimum atomic E-state index is -0.408. The molecule has 5 heteroatoms. The Morgan fingerprint density at radius 3 is 3.27 bits per heavy atom. The lowest BCUT2D eigenvalue weighted by atomic mass is 10.3. The molecule has 0 aromatic carbocycles. The molecule has 2 N–H and O–H groups in total. The highest BCUT2D eigenvalue weighted by Gasteiger charge is 1.99. The van der Waals surface area contributed by atoms with Gasteiger partial charge in [-0.3, -0.25) is 0 Å². The Morgan fingerprint density at radius 1 is 1.73 bits per heavy atom. The van der Waals surface area contributed by atoms with Gasteiger partial charge in [0, 0.05) is 25.4 Å². The lowest BCUT2D eigenvalue weighted by Gasteiger charge is -2.03. The first-order chi connectivity index (χ1) is 7.33. The normalized spacial score (nSPS) is 9.60. The number of nitrogens with one attached hydrogen (secondary N) is 2. The molecule has 0 saturated carbocycles. The average molecular weight is 209 g/mol. The van der Waals surface area contributed by atoms with Crippen molar-refractivity contribution in [3.8, 4) is 0 Å². The number of carbonyl (C=O) groups excluding carboxylic acids is 1. The third kappa shape index (κ3) is 4.85. The number of imidazole rings is 1. The van der Waals surface area contributed by atoms with E-state index in [9.17, 15) is 4.79 Å². The summed E-state index contributed by atoms with van der Waals surface area (Å²) < 4.78 is 4.74. The van der Waals surface area contributed by atoms with E-state index in [2.05, 4.69) is 21.9 Å². The van der Waals surface area contributed by atoms with Crippen LogP contribution in [0.3, 0.4) is 0 Å². The van der Waals surface area contributed by atoms with Crippen LogP contribution >= 0.6 is 0 Å². The molecule has 1 amide bonds. The number of carbonyl (C=O) groups is 1. The molecule has 5 nitrogen and oxygen atoms in total. The van der Waals surface area contributed by atoms with Crippen LogP contribution in [-0.2, 0) is 11.2 Å². The third-order valence-electron chi connectivity index (χ3n) is 1.75. The summed E-state index contributed by atoms with van der Waals surface area (Å²) in [5, 5.41) is 2.63. The first-order valence-electron chi connectivity index (χ1n) is 4.82.